The van der Waals surface area contributed by atoms with Crippen molar-refractivity contribution in [2.45, 2.75) is 6.92 Å². The minimum Gasteiger partial charge on any atom is -0.483 e. The van der Waals surface area contributed by atoms with Gasteiger partial charge in [0.2, 0.25) is 0 Å². The van der Waals surface area contributed by atoms with Gasteiger partial charge in [0, 0.05) is 6.07 Å². The highest BCUT2D eigenvalue weighted by molar-refractivity contribution is 5.86. The molecule has 0 fully saturated rings. The SMILES string of the molecule is Cc1ccccc1OCC(=O)N/N=C\c1ccccc1[N+](=O)[O-]. The van der Waals surface area contributed by atoms with E-state index in [9.17, 15) is 14.9 Å². The molecule has 118 valence electrons. The molecule has 2 aromatic carbocycles. The van der Waals surface area contributed by atoms with Crippen LogP contribution in [-0.2, 0) is 4.79 Å². The third-order valence-corrected chi connectivity index (χ3v) is 2.98. The van der Waals surface area contributed by atoms with Crippen molar-refractivity contribution in [3.05, 3.63) is 69.8 Å². The maximum absolute atomic E-state index is 11.7. The molecule has 0 aromatic heterocycles. The number of carbonyl (C=O) groups is 1. The maximum atomic E-state index is 11.7. The van der Waals surface area contributed by atoms with Crippen molar-refractivity contribution in [3.8, 4) is 5.75 Å². The quantitative estimate of drug-likeness (QED) is 0.503. The molecule has 0 aliphatic rings. The van der Waals surface area contributed by atoms with Crippen LogP contribution in [0.2, 0.25) is 0 Å². The lowest BCUT2D eigenvalue weighted by atomic mass is 10.2. The normalized spacial score (nSPS) is 10.5. The minimum atomic E-state index is -0.509. The van der Waals surface area contributed by atoms with Crippen LogP contribution in [0.1, 0.15) is 11.1 Å². The number of nitrogens with zero attached hydrogens (tertiary/aromatic N) is 2. The second-order valence-corrected chi connectivity index (χ2v) is 4.66. The first-order valence-corrected chi connectivity index (χ1v) is 6.81. The molecule has 7 heteroatoms. The second-order valence-electron chi connectivity index (χ2n) is 4.66. The van der Waals surface area contributed by atoms with E-state index >= 15 is 0 Å². The Morgan fingerprint density at radius 3 is 2.70 bits per heavy atom. The first kappa shape index (κ1) is 16.2. The van der Waals surface area contributed by atoms with Crippen LogP contribution >= 0.6 is 0 Å². The van der Waals surface area contributed by atoms with Crippen molar-refractivity contribution < 1.29 is 14.5 Å². The lowest BCUT2D eigenvalue weighted by molar-refractivity contribution is -0.385. The van der Waals surface area contributed by atoms with Crippen LogP contribution < -0.4 is 10.2 Å². The molecule has 2 aromatic rings. The van der Waals surface area contributed by atoms with Crippen LogP contribution in [0.15, 0.2) is 53.6 Å². The van der Waals surface area contributed by atoms with Gasteiger partial charge in [-0.3, -0.25) is 14.9 Å². The van der Waals surface area contributed by atoms with E-state index in [2.05, 4.69) is 10.5 Å². The molecule has 0 unspecified atom stereocenters. The van der Waals surface area contributed by atoms with Gasteiger partial charge in [0.1, 0.15) is 5.75 Å². The summed E-state index contributed by atoms with van der Waals surface area (Å²) in [5.74, 6) is 0.161. The minimum absolute atomic E-state index is 0.0818. The number of hydrogen-bond donors (Lipinski definition) is 1. The number of hydrazone groups is 1. The molecule has 2 rings (SSSR count). The predicted molar refractivity (Wildman–Crippen MR) is 85.5 cm³/mol. The fraction of sp³-hybridized carbons (Fsp3) is 0.125. The highest BCUT2D eigenvalue weighted by Gasteiger charge is 2.10. The number of ether oxygens (including phenoxy) is 1. The van der Waals surface area contributed by atoms with Gasteiger partial charge in [-0.25, -0.2) is 5.43 Å². The number of benzene rings is 2. The van der Waals surface area contributed by atoms with Crippen molar-refractivity contribution in [3.63, 3.8) is 0 Å². The zero-order chi connectivity index (χ0) is 16.7. The van der Waals surface area contributed by atoms with Crippen LogP contribution in [-0.4, -0.2) is 23.7 Å². The van der Waals surface area contributed by atoms with Gasteiger partial charge in [0.05, 0.1) is 16.7 Å². The Bertz CT molecular complexity index is 744. The van der Waals surface area contributed by atoms with Crippen LogP contribution in [0, 0.1) is 17.0 Å². The largest absolute Gasteiger partial charge is 0.483 e. The summed E-state index contributed by atoms with van der Waals surface area (Å²) in [4.78, 5) is 22.0. The monoisotopic (exact) mass is 313 g/mol. The number of para-hydroxylation sites is 2. The molecule has 7 nitrogen and oxygen atoms in total. The lowest BCUT2D eigenvalue weighted by Crippen LogP contribution is -2.24. The van der Waals surface area contributed by atoms with Crippen molar-refractivity contribution >= 4 is 17.8 Å². The molecule has 23 heavy (non-hydrogen) atoms. The standard InChI is InChI=1S/C16H15N3O4/c1-12-6-2-5-9-15(12)23-11-16(20)18-17-10-13-7-3-4-8-14(13)19(21)22/h2-10H,11H2,1H3,(H,18,20)/b17-10-. The average Bonchev–Trinajstić information content (AvgIpc) is 2.54. The molecular weight excluding hydrogens is 298 g/mol. The van der Waals surface area contributed by atoms with E-state index in [1.54, 1.807) is 18.2 Å². The smallest absolute Gasteiger partial charge is 0.278 e. The fourth-order valence-electron chi connectivity index (χ4n) is 1.83. The third kappa shape index (κ3) is 4.63. The van der Waals surface area contributed by atoms with Crippen LogP contribution in [0.25, 0.3) is 0 Å². The van der Waals surface area contributed by atoms with E-state index in [-0.39, 0.29) is 12.3 Å². The summed E-state index contributed by atoms with van der Waals surface area (Å²) < 4.78 is 5.37. The van der Waals surface area contributed by atoms with Crippen LogP contribution in [0.3, 0.4) is 0 Å². The summed E-state index contributed by atoms with van der Waals surface area (Å²) in [6, 6.07) is 13.4. The molecule has 0 spiro atoms. The fourth-order valence-corrected chi connectivity index (χ4v) is 1.83. The number of nitro benzene ring substituents is 1. The summed E-state index contributed by atoms with van der Waals surface area (Å²) in [5.41, 5.74) is 3.41. The number of rotatable bonds is 6. The number of carbonyl (C=O) groups excluding carboxylic acids is 1. The van der Waals surface area contributed by atoms with E-state index in [1.807, 2.05) is 25.1 Å². The molecule has 0 atom stereocenters. The number of aryl methyl sites for hydroxylation is 1. The molecule has 0 saturated heterocycles. The Morgan fingerprint density at radius 2 is 1.96 bits per heavy atom. The molecule has 1 N–H and O–H groups in total. The molecule has 0 heterocycles. The molecule has 1 amide bonds. The number of nitrogens with one attached hydrogen (secondary N) is 1. The van der Waals surface area contributed by atoms with Gasteiger partial charge in [-0.05, 0) is 24.6 Å². The molecule has 0 saturated carbocycles. The highest BCUT2D eigenvalue weighted by Crippen LogP contribution is 2.16. The molecular formula is C16H15N3O4. The summed E-state index contributed by atoms with van der Waals surface area (Å²) in [7, 11) is 0. The number of nitro groups is 1. The van der Waals surface area contributed by atoms with Crippen molar-refractivity contribution in [2.24, 2.45) is 5.10 Å². The summed E-state index contributed by atoms with van der Waals surface area (Å²) in [6.07, 6.45) is 1.23. The maximum Gasteiger partial charge on any atom is 0.278 e. The van der Waals surface area contributed by atoms with Gasteiger partial charge < -0.3 is 4.74 Å². The van der Waals surface area contributed by atoms with Crippen molar-refractivity contribution in [1.29, 1.82) is 0 Å². The zero-order valence-electron chi connectivity index (χ0n) is 12.4. The Morgan fingerprint density at radius 1 is 1.26 bits per heavy atom. The molecule has 0 aliphatic heterocycles. The number of hydrogen-bond acceptors (Lipinski definition) is 5. The Labute approximate surface area is 132 Å². The molecule has 0 radical (unpaired) electrons. The van der Waals surface area contributed by atoms with Gasteiger partial charge >= 0.3 is 0 Å². The van der Waals surface area contributed by atoms with E-state index < -0.39 is 10.8 Å². The topological polar surface area (TPSA) is 93.8 Å². The third-order valence-electron chi connectivity index (χ3n) is 2.98. The number of amides is 1. The molecule has 0 bridgehead atoms. The zero-order valence-corrected chi connectivity index (χ0v) is 12.4. The Balaban J connectivity index is 1.90. The van der Waals surface area contributed by atoms with Crippen LogP contribution in [0.5, 0.6) is 5.75 Å². The summed E-state index contributed by atoms with van der Waals surface area (Å²) in [6.45, 7) is 1.68. The van der Waals surface area contributed by atoms with Crippen LogP contribution in [0.4, 0.5) is 5.69 Å². The first-order valence-electron chi connectivity index (χ1n) is 6.81. The first-order chi connectivity index (χ1) is 11.1. The second kappa shape index (κ2) is 7.69. The summed E-state index contributed by atoms with van der Waals surface area (Å²) >= 11 is 0. The molecule has 0 aliphatic carbocycles. The van der Waals surface area contributed by atoms with Gasteiger partial charge in [-0.1, -0.05) is 30.3 Å². The van der Waals surface area contributed by atoms with E-state index in [4.69, 9.17) is 4.74 Å². The van der Waals surface area contributed by atoms with Crippen molar-refractivity contribution in [1.82, 2.24) is 5.43 Å². The Kier molecular flexibility index (Phi) is 5.40. The van der Waals surface area contributed by atoms with Crippen molar-refractivity contribution in [2.75, 3.05) is 6.61 Å². The van der Waals surface area contributed by atoms with E-state index in [1.165, 1.54) is 18.3 Å². The van der Waals surface area contributed by atoms with Gasteiger partial charge in [-0.2, -0.15) is 5.10 Å². The van der Waals surface area contributed by atoms with Gasteiger partial charge in [0.25, 0.3) is 11.6 Å². The Hall–Kier alpha value is -3.22. The van der Waals surface area contributed by atoms with E-state index in [0.29, 0.717) is 11.3 Å². The van der Waals surface area contributed by atoms with Gasteiger partial charge in [-0.15, -0.1) is 0 Å². The summed E-state index contributed by atoms with van der Waals surface area (Å²) in [5, 5.41) is 14.6. The predicted octanol–water partition coefficient (Wildman–Crippen LogP) is 2.43. The lowest BCUT2D eigenvalue weighted by Gasteiger charge is -2.07. The highest BCUT2D eigenvalue weighted by atomic mass is 16.6. The van der Waals surface area contributed by atoms with E-state index in [0.717, 1.165) is 5.56 Å². The van der Waals surface area contributed by atoms with Gasteiger partial charge in [0.15, 0.2) is 6.61 Å². The average molecular weight is 313 g/mol.